The summed E-state index contributed by atoms with van der Waals surface area (Å²) in [4.78, 5) is 12.3. The lowest BCUT2D eigenvalue weighted by Crippen LogP contribution is -2.27. The van der Waals surface area contributed by atoms with E-state index in [2.05, 4.69) is 5.32 Å². The molecule has 0 bridgehead atoms. The van der Waals surface area contributed by atoms with Crippen molar-refractivity contribution in [2.45, 2.75) is 13.0 Å². The van der Waals surface area contributed by atoms with Gasteiger partial charge < -0.3 is 10.1 Å². The zero-order chi connectivity index (χ0) is 15.4. The number of methoxy groups -OCH3 is 1. The van der Waals surface area contributed by atoms with Gasteiger partial charge in [-0.3, -0.25) is 4.79 Å². The average molecular weight is 324 g/mol. The molecule has 0 spiro atoms. The molecule has 3 nitrogen and oxygen atoms in total. The van der Waals surface area contributed by atoms with E-state index in [1.54, 1.807) is 30.3 Å². The molecule has 0 unspecified atom stereocenters. The van der Waals surface area contributed by atoms with E-state index in [-0.39, 0.29) is 11.9 Å². The van der Waals surface area contributed by atoms with Crippen LogP contribution >= 0.6 is 23.2 Å². The van der Waals surface area contributed by atoms with Gasteiger partial charge in [0.05, 0.1) is 28.8 Å². The standard InChI is InChI=1S/C16H15Cl2NO2/c1-10(11-7-8-13(17)14(18)9-11)19-16(20)12-5-3-4-6-15(12)21-2/h3-10H,1-2H3,(H,19,20)/t10-/m1/s1. The van der Waals surface area contributed by atoms with Gasteiger partial charge in [-0.25, -0.2) is 0 Å². The molecular weight excluding hydrogens is 309 g/mol. The summed E-state index contributed by atoms with van der Waals surface area (Å²) in [6.07, 6.45) is 0. The Balaban J connectivity index is 2.16. The summed E-state index contributed by atoms with van der Waals surface area (Å²) < 4.78 is 5.19. The molecule has 21 heavy (non-hydrogen) atoms. The second kappa shape index (κ2) is 6.83. The van der Waals surface area contributed by atoms with Crippen LogP contribution in [0.15, 0.2) is 42.5 Å². The van der Waals surface area contributed by atoms with Gasteiger partial charge in [0.1, 0.15) is 5.75 Å². The normalized spacial score (nSPS) is 11.8. The van der Waals surface area contributed by atoms with Crippen LogP contribution in [-0.2, 0) is 0 Å². The molecule has 0 aliphatic heterocycles. The van der Waals surface area contributed by atoms with Crippen LogP contribution in [-0.4, -0.2) is 13.0 Å². The lowest BCUT2D eigenvalue weighted by Gasteiger charge is -2.16. The average Bonchev–Trinajstić information content (AvgIpc) is 2.49. The minimum absolute atomic E-state index is 0.197. The molecule has 0 radical (unpaired) electrons. The van der Waals surface area contributed by atoms with E-state index in [4.69, 9.17) is 27.9 Å². The van der Waals surface area contributed by atoms with Crippen LogP contribution in [0.2, 0.25) is 10.0 Å². The first-order valence-corrected chi connectivity index (χ1v) is 7.17. The van der Waals surface area contributed by atoms with E-state index in [1.165, 1.54) is 7.11 Å². The predicted molar refractivity (Wildman–Crippen MR) is 85.3 cm³/mol. The van der Waals surface area contributed by atoms with Crippen LogP contribution < -0.4 is 10.1 Å². The minimum Gasteiger partial charge on any atom is -0.496 e. The molecule has 0 aromatic heterocycles. The molecule has 1 atom stereocenters. The molecule has 2 rings (SSSR count). The highest BCUT2D eigenvalue weighted by Gasteiger charge is 2.15. The first-order chi connectivity index (χ1) is 10.0. The van der Waals surface area contributed by atoms with Crippen molar-refractivity contribution in [1.29, 1.82) is 0 Å². The fourth-order valence-electron chi connectivity index (χ4n) is 1.97. The van der Waals surface area contributed by atoms with Gasteiger partial charge in [-0.2, -0.15) is 0 Å². The molecule has 0 fully saturated rings. The number of halogens is 2. The Bertz CT molecular complexity index is 658. The van der Waals surface area contributed by atoms with E-state index in [1.807, 2.05) is 19.1 Å². The molecular formula is C16H15Cl2NO2. The highest BCUT2D eigenvalue weighted by Crippen LogP contribution is 2.26. The van der Waals surface area contributed by atoms with Gasteiger partial charge in [0.25, 0.3) is 5.91 Å². The maximum atomic E-state index is 12.3. The largest absolute Gasteiger partial charge is 0.496 e. The summed E-state index contributed by atoms with van der Waals surface area (Å²) in [5.74, 6) is 0.336. The molecule has 110 valence electrons. The predicted octanol–water partition coefficient (Wildman–Crippen LogP) is 4.49. The number of amides is 1. The highest BCUT2D eigenvalue weighted by atomic mass is 35.5. The van der Waals surface area contributed by atoms with E-state index in [0.717, 1.165) is 5.56 Å². The van der Waals surface area contributed by atoms with Gasteiger partial charge >= 0.3 is 0 Å². The number of rotatable bonds is 4. The van der Waals surface area contributed by atoms with Gasteiger partial charge in [-0.1, -0.05) is 41.4 Å². The third-order valence-electron chi connectivity index (χ3n) is 3.14. The van der Waals surface area contributed by atoms with Crippen molar-refractivity contribution >= 4 is 29.1 Å². The minimum atomic E-state index is -0.203. The molecule has 1 amide bonds. The molecule has 2 aromatic rings. The van der Waals surface area contributed by atoms with Crippen LogP contribution in [0.5, 0.6) is 5.75 Å². The molecule has 0 heterocycles. The second-order valence-electron chi connectivity index (χ2n) is 4.57. The molecule has 0 saturated carbocycles. The lowest BCUT2D eigenvalue weighted by molar-refractivity contribution is 0.0937. The molecule has 0 saturated heterocycles. The lowest BCUT2D eigenvalue weighted by atomic mass is 10.1. The molecule has 1 N–H and O–H groups in total. The molecule has 2 aromatic carbocycles. The summed E-state index contributed by atoms with van der Waals surface area (Å²) in [5, 5.41) is 3.87. The van der Waals surface area contributed by atoms with Crippen LogP contribution in [0.1, 0.15) is 28.9 Å². The second-order valence-corrected chi connectivity index (χ2v) is 5.38. The smallest absolute Gasteiger partial charge is 0.255 e. The van der Waals surface area contributed by atoms with Crippen molar-refractivity contribution < 1.29 is 9.53 Å². The monoisotopic (exact) mass is 323 g/mol. The van der Waals surface area contributed by atoms with Crippen molar-refractivity contribution in [3.05, 3.63) is 63.6 Å². The van der Waals surface area contributed by atoms with E-state index in [9.17, 15) is 4.79 Å². The highest BCUT2D eigenvalue weighted by molar-refractivity contribution is 6.42. The Kier molecular flexibility index (Phi) is 5.10. The van der Waals surface area contributed by atoms with Crippen LogP contribution in [0.4, 0.5) is 0 Å². The summed E-state index contributed by atoms with van der Waals surface area (Å²) in [6, 6.07) is 12.2. The summed E-state index contributed by atoms with van der Waals surface area (Å²) in [7, 11) is 1.54. The van der Waals surface area contributed by atoms with E-state index >= 15 is 0 Å². The van der Waals surface area contributed by atoms with Crippen LogP contribution in [0, 0.1) is 0 Å². The Morgan fingerprint density at radius 3 is 2.52 bits per heavy atom. The van der Waals surface area contributed by atoms with E-state index in [0.29, 0.717) is 21.4 Å². The quantitative estimate of drug-likeness (QED) is 0.900. The van der Waals surface area contributed by atoms with Gasteiger partial charge in [-0.05, 0) is 36.8 Å². The van der Waals surface area contributed by atoms with Crippen molar-refractivity contribution in [2.24, 2.45) is 0 Å². The Hall–Kier alpha value is -1.71. The number of benzene rings is 2. The third kappa shape index (κ3) is 3.69. The molecule has 5 heteroatoms. The van der Waals surface area contributed by atoms with Crippen LogP contribution in [0.25, 0.3) is 0 Å². The Morgan fingerprint density at radius 1 is 1.14 bits per heavy atom. The van der Waals surface area contributed by atoms with Crippen LogP contribution in [0.3, 0.4) is 0 Å². The zero-order valence-corrected chi connectivity index (χ0v) is 13.2. The van der Waals surface area contributed by atoms with E-state index < -0.39 is 0 Å². The summed E-state index contributed by atoms with van der Waals surface area (Å²) in [5.41, 5.74) is 1.37. The maximum absolute atomic E-state index is 12.3. The number of hydrogen-bond donors (Lipinski definition) is 1. The first-order valence-electron chi connectivity index (χ1n) is 6.41. The Morgan fingerprint density at radius 2 is 1.86 bits per heavy atom. The Labute approximate surface area is 133 Å². The van der Waals surface area contributed by atoms with Crippen molar-refractivity contribution in [2.75, 3.05) is 7.11 Å². The van der Waals surface area contributed by atoms with Crippen molar-refractivity contribution in [3.63, 3.8) is 0 Å². The van der Waals surface area contributed by atoms with Gasteiger partial charge in [0, 0.05) is 0 Å². The molecule has 0 aliphatic rings. The SMILES string of the molecule is COc1ccccc1C(=O)N[C@H](C)c1ccc(Cl)c(Cl)c1. The summed E-state index contributed by atoms with van der Waals surface area (Å²) >= 11 is 11.9. The number of carbonyl (C=O) groups excluding carboxylic acids is 1. The number of nitrogens with one attached hydrogen (secondary N) is 1. The zero-order valence-electron chi connectivity index (χ0n) is 11.7. The van der Waals surface area contributed by atoms with Crippen molar-refractivity contribution in [3.8, 4) is 5.75 Å². The first kappa shape index (κ1) is 15.7. The topological polar surface area (TPSA) is 38.3 Å². The van der Waals surface area contributed by atoms with Gasteiger partial charge in [0.15, 0.2) is 0 Å². The number of carbonyl (C=O) groups is 1. The fraction of sp³-hybridized carbons (Fsp3) is 0.188. The molecule has 0 aliphatic carbocycles. The van der Waals surface area contributed by atoms with Gasteiger partial charge in [-0.15, -0.1) is 0 Å². The van der Waals surface area contributed by atoms with Crippen molar-refractivity contribution in [1.82, 2.24) is 5.32 Å². The number of para-hydroxylation sites is 1. The van der Waals surface area contributed by atoms with Gasteiger partial charge in [0.2, 0.25) is 0 Å². The number of ether oxygens (including phenoxy) is 1. The maximum Gasteiger partial charge on any atom is 0.255 e. The number of hydrogen-bond acceptors (Lipinski definition) is 2. The third-order valence-corrected chi connectivity index (χ3v) is 3.88. The fourth-order valence-corrected chi connectivity index (χ4v) is 2.28. The summed E-state index contributed by atoms with van der Waals surface area (Å²) in [6.45, 7) is 1.88.